The van der Waals surface area contributed by atoms with Gasteiger partial charge in [-0.15, -0.1) is 0 Å². The maximum atomic E-state index is 13.7. The van der Waals surface area contributed by atoms with Gasteiger partial charge >= 0.3 is 0 Å². The second-order valence-corrected chi connectivity index (χ2v) is 36.8. The molecular weight excluding hydrogens is 1880 g/mol. The van der Waals surface area contributed by atoms with Crippen molar-refractivity contribution >= 4 is 152 Å². The van der Waals surface area contributed by atoms with Crippen molar-refractivity contribution in [2.24, 2.45) is 51.9 Å². The van der Waals surface area contributed by atoms with Crippen LogP contribution in [0.1, 0.15) is 122 Å². The number of hydrogen-bond acceptors (Lipinski definition) is 24. The van der Waals surface area contributed by atoms with E-state index in [1.807, 2.05) is 81.4 Å². The standard InChI is InChI=1S/C27H31ClN6O3.C26H29ClN6O3.C25H27ClN6O3.C24H25FN6O3/c1-5-18(19-7-6-8-20(28)15-19)16-24(35)34-25(27(37)32(3)23-10-12-31-33(23)4)21(26(34)36)13-17-9-11-30-22(14-17)29-2;1-4-17(18-6-5-7-19(27)14-18)15-22(34)33-23(25(36)32(3)26-30-10-11-31(26)2)20(24(33)35)12-16-8-9-29-21(28)13-16;1-15(17-5-4-6-18(26)14-17)11-22(33)32-23(25(35)31(3)21-8-10-30(2)29-21)19(24(32)34)12-16-7-9-28-20(27)13-16;1-29-13-20(28-14-29)30(2)24(34)22-18(11-16-8-9-27-19(26)12-16)23(33)31(22)21(32)7-6-15-4-3-5-17(25)10-15/h6-12,14-15,18,21,25H,5,13,16H2,1-4H3,(H,29,30);5-11,13-14,17,20,23H,4,12,15H2,1-3H3,(H2,28,29);4-10,13-15,19,23H,11-12H2,1-3H3,(H2,27,28);3-5,8-10,12-14,18,22H,6-7,11H2,1-2H3,(H2,26,27)/t18-,21+,25-;17-,20+,23-;15-,19+,23-;18-,22+/m0001/s1. The van der Waals surface area contributed by atoms with Gasteiger partial charge in [-0.1, -0.05) is 104 Å². The highest BCUT2D eigenvalue weighted by molar-refractivity contribution is 6.31. The molecule has 4 saturated heterocycles. The lowest BCUT2D eigenvalue weighted by atomic mass is 9.80. The van der Waals surface area contributed by atoms with Gasteiger partial charge in [0.2, 0.25) is 53.2 Å². The number of nitrogen functional groups attached to an aromatic ring is 3. The Morgan fingerprint density at radius 2 is 0.866 bits per heavy atom. The predicted molar refractivity (Wildman–Crippen MR) is 535 cm³/mol. The predicted octanol–water partition coefficient (Wildman–Crippen LogP) is 11.4. The minimum absolute atomic E-state index is 0.0266. The van der Waals surface area contributed by atoms with Crippen LogP contribution in [-0.4, -0.2) is 208 Å². The molecule has 0 unspecified atom stereocenters. The van der Waals surface area contributed by atoms with Gasteiger partial charge in [0.1, 0.15) is 59.1 Å². The monoisotopic (exact) mass is 1990 g/mol. The summed E-state index contributed by atoms with van der Waals surface area (Å²) in [6.07, 6.45) is 19.1. The number of amides is 12. The molecule has 4 aliphatic heterocycles. The summed E-state index contributed by atoms with van der Waals surface area (Å²) in [6, 6.07) is 41.5. The van der Waals surface area contributed by atoms with Crippen molar-refractivity contribution in [3.8, 4) is 0 Å². The Bertz CT molecular complexity index is 6680. The molecule has 11 atom stereocenters. The van der Waals surface area contributed by atoms with Crippen molar-refractivity contribution in [3.05, 3.63) is 285 Å². The third kappa shape index (κ3) is 24.1. The van der Waals surface area contributed by atoms with Crippen LogP contribution in [0.5, 0.6) is 0 Å². The number of β-lactam (4-membered cyclic amide) rings is 4. The topological polar surface area (TPSA) is 444 Å². The normalized spacial score (nSPS) is 17.8. The minimum Gasteiger partial charge on any atom is -0.384 e. The quantitative estimate of drug-likeness (QED) is 0.0293. The molecule has 142 heavy (non-hydrogen) atoms. The molecule has 0 aliphatic carbocycles. The zero-order valence-corrected chi connectivity index (χ0v) is 82.8. The van der Waals surface area contributed by atoms with Crippen LogP contribution in [-0.2, 0) is 118 Å². The highest BCUT2D eigenvalue weighted by Gasteiger charge is 2.59. The molecule has 0 bridgehead atoms. The van der Waals surface area contributed by atoms with E-state index in [2.05, 4.69) is 45.4 Å². The molecule has 12 amide bonds. The fourth-order valence-electron chi connectivity index (χ4n) is 18.1. The highest BCUT2D eigenvalue weighted by Crippen LogP contribution is 2.42. The largest absolute Gasteiger partial charge is 0.384 e. The minimum atomic E-state index is -0.978. The van der Waals surface area contributed by atoms with E-state index >= 15 is 0 Å². The average Bonchev–Trinajstić information content (AvgIpc) is 0.760. The lowest BCUT2D eigenvalue weighted by Gasteiger charge is -2.46. The number of anilines is 8. The molecule has 36 nitrogen and oxygen atoms in total. The number of carbonyl (C=O) groups excluding carboxylic acids is 12. The molecule has 740 valence electrons. The Hall–Kier alpha value is -15.2. The number of pyridine rings is 4. The molecule has 0 saturated carbocycles. The molecule has 12 aromatic rings. The fraction of sp³-hybridized carbons (Fsp3) is 0.333. The maximum absolute atomic E-state index is 13.7. The number of rotatable bonds is 31. The van der Waals surface area contributed by atoms with E-state index in [-0.39, 0.29) is 116 Å². The van der Waals surface area contributed by atoms with Crippen LogP contribution in [0.25, 0.3) is 0 Å². The summed E-state index contributed by atoms with van der Waals surface area (Å²) in [5.41, 5.74) is 23.9. The van der Waals surface area contributed by atoms with E-state index in [1.54, 1.807) is 223 Å². The molecule has 0 radical (unpaired) electrons. The number of nitrogens with two attached hydrogens (primary N) is 3. The summed E-state index contributed by atoms with van der Waals surface area (Å²) in [6.45, 7) is 5.86. The van der Waals surface area contributed by atoms with Gasteiger partial charge in [-0.2, -0.15) is 10.2 Å². The molecule has 12 heterocycles. The van der Waals surface area contributed by atoms with Crippen LogP contribution in [0.15, 0.2) is 220 Å². The van der Waals surface area contributed by atoms with Crippen LogP contribution in [0, 0.1) is 29.5 Å². The molecule has 4 aliphatic rings. The summed E-state index contributed by atoms with van der Waals surface area (Å²) in [5.74, 6) is -4.80. The lowest BCUT2D eigenvalue weighted by molar-refractivity contribution is -0.171. The number of nitrogens with zero attached hydrogens (tertiary/aromatic N) is 20. The van der Waals surface area contributed by atoms with E-state index in [0.29, 0.717) is 86.6 Å². The van der Waals surface area contributed by atoms with E-state index in [0.717, 1.165) is 58.5 Å². The zero-order valence-electron chi connectivity index (χ0n) is 80.5. The van der Waals surface area contributed by atoms with Crippen LogP contribution in [0.2, 0.25) is 15.1 Å². The van der Waals surface area contributed by atoms with Gasteiger partial charge in [-0.3, -0.25) is 106 Å². The third-order valence-electron chi connectivity index (χ3n) is 25.9. The number of aryl methyl sites for hydroxylation is 5. The Morgan fingerprint density at radius 3 is 1.27 bits per heavy atom. The smallest absolute Gasteiger partial charge is 0.253 e. The van der Waals surface area contributed by atoms with Gasteiger partial charge in [-0.25, -0.2) is 34.3 Å². The number of benzene rings is 4. The summed E-state index contributed by atoms with van der Waals surface area (Å²) >= 11 is 18.4. The summed E-state index contributed by atoms with van der Waals surface area (Å²) in [7, 11) is 15.2. The SMILES string of the molecule is CC[C@@H](CC(=O)N1C(=O)[C@H](Cc2ccnc(N)c2)[C@H]1C(=O)N(C)c1nccn1C)c1cccc(Cl)c1.CC[C@@H](CC(=O)N1C(=O)[C@H](Cc2ccnc(NC)c2)[C@H]1C(=O)N(C)c1ccnn1C)c1cccc(Cl)c1.CN(C(=O)[C@@H]1[C@@H](Cc2ccnc(N)c2)C(=O)N1C(=O)CCc1cccc(F)c1)c1cn(C)cn1.C[C@@H](CC(=O)N1C(=O)[C@H](Cc2ccnc(N)c2)[C@H]1C(=O)N(C)c1ccn(C)n1)c1cccc(Cl)c1. The number of nitrogens with one attached hydrogen (secondary N) is 1. The zero-order chi connectivity index (χ0) is 102. The van der Waals surface area contributed by atoms with Crippen molar-refractivity contribution in [1.29, 1.82) is 0 Å². The van der Waals surface area contributed by atoms with Crippen LogP contribution < -0.4 is 42.1 Å². The van der Waals surface area contributed by atoms with Crippen LogP contribution >= 0.6 is 34.8 Å². The number of aromatic nitrogens is 12. The van der Waals surface area contributed by atoms with Gasteiger partial charge in [0, 0.05) is 166 Å². The number of hydrogen-bond donors (Lipinski definition) is 4. The number of halogens is 4. The first-order chi connectivity index (χ1) is 67.8. The van der Waals surface area contributed by atoms with Gasteiger partial charge in [0.15, 0.2) is 11.6 Å². The second-order valence-electron chi connectivity index (χ2n) is 35.5. The lowest BCUT2D eigenvalue weighted by Crippen LogP contribution is -2.69. The van der Waals surface area contributed by atoms with Crippen molar-refractivity contribution < 1.29 is 61.9 Å². The maximum Gasteiger partial charge on any atom is 0.253 e. The first-order valence-electron chi connectivity index (χ1n) is 46.1. The Kier molecular flexibility index (Phi) is 33.9. The van der Waals surface area contributed by atoms with Gasteiger partial charge < -0.3 is 31.7 Å². The van der Waals surface area contributed by atoms with Gasteiger partial charge in [0.25, 0.3) is 23.6 Å². The second kappa shape index (κ2) is 46.2. The third-order valence-corrected chi connectivity index (χ3v) is 26.6. The number of likely N-dealkylation sites (tertiary alicyclic amines) is 4. The van der Waals surface area contributed by atoms with Crippen molar-refractivity contribution in [1.82, 2.24) is 78.2 Å². The summed E-state index contributed by atoms with van der Waals surface area (Å²) < 4.78 is 20.0. The van der Waals surface area contributed by atoms with Gasteiger partial charge in [0.05, 0.1) is 36.2 Å². The average molecular weight is 1990 g/mol. The molecule has 4 fully saturated rings. The Balaban J connectivity index is 0.000000159. The number of imidazole rings is 2. The fourth-order valence-corrected chi connectivity index (χ4v) is 18.7. The highest BCUT2D eigenvalue weighted by atomic mass is 35.5. The molecule has 16 rings (SSSR count). The number of carbonyl (C=O) groups is 12. The van der Waals surface area contributed by atoms with Crippen molar-refractivity contribution in [3.63, 3.8) is 0 Å². The first kappa shape index (κ1) is 104. The summed E-state index contributed by atoms with van der Waals surface area (Å²) in [4.78, 5) is 195. The van der Waals surface area contributed by atoms with Gasteiger partial charge in [-0.05, 0) is 204 Å². The molecule has 7 N–H and O–H groups in total. The number of likely N-dealkylation sites (N-methyl/N-ethyl adjacent to an activating group) is 4. The van der Waals surface area contributed by atoms with E-state index < -0.39 is 77.3 Å². The Morgan fingerprint density at radius 1 is 0.444 bits per heavy atom. The molecule has 8 aromatic heterocycles. The first-order valence-corrected chi connectivity index (χ1v) is 47.2. The molecule has 4 aromatic carbocycles. The molecule has 40 heteroatoms. The Labute approximate surface area is 835 Å². The van der Waals surface area contributed by atoms with Crippen molar-refractivity contribution in [2.75, 3.05) is 77.4 Å². The molecule has 0 spiro atoms. The van der Waals surface area contributed by atoms with Crippen LogP contribution in [0.4, 0.5) is 51.1 Å². The number of imide groups is 4. The summed E-state index contributed by atoms with van der Waals surface area (Å²) in [5, 5.41) is 13.1. The van der Waals surface area contributed by atoms with Crippen molar-refractivity contribution in [2.45, 2.75) is 133 Å². The van der Waals surface area contributed by atoms with E-state index in [9.17, 15) is 61.9 Å². The van der Waals surface area contributed by atoms with E-state index in [4.69, 9.17) is 52.0 Å². The van der Waals surface area contributed by atoms with E-state index in [1.165, 1.54) is 37.9 Å². The van der Waals surface area contributed by atoms with Crippen LogP contribution in [0.3, 0.4) is 0 Å². The molecular formula is C102H112Cl3FN24O12.